The largest absolute Gasteiger partial charge is 0.497 e. The van der Waals surface area contributed by atoms with E-state index in [0.717, 1.165) is 33.4 Å². The van der Waals surface area contributed by atoms with Crippen molar-refractivity contribution in [2.24, 2.45) is 5.84 Å². The van der Waals surface area contributed by atoms with Gasteiger partial charge in [-0.2, -0.15) is 4.41 Å². The van der Waals surface area contributed by atoms with E-state index in [1.807, 2.05) is 30.0 Å². The molecule has 10 heteroatoms. The van der Waals surface area contributed by atoms with Gasteiger partial charge in [0.15, 0.2) is 0 Å². The van der Waals surface area contributed by atoms with Gasteiger partial charge in [0.05, 0.1) is 13.7 Å². The van der Waals surface area contributed by atoms with Crippen LogP contribution in [0.3, 0.4) is 0 Å². The van der Waals surface area contributed by atoms with Crippen LogP contribution in [-0.4, -0.2) is 58.1 Å². The van der Waals surface area contributed by atoms with E-state index in [2.05, 4.69) is 27.1 Å². The fourth-order valence-corrected chi connectivity index (χ4v) is 4.48. The number of amides is 2. The second kappa shape index (κ2) is 8.05. The molecule has 9 nitrogen and oxygen atoms in total. The highest BCUT2D eigenvalue weighted by atomic mass is 32.2. The lowest BCUT2D eigenvalue weighted by Crippen LogP contribution is -2.55. The molecule has 0 aliphatic carbocycles. The van der Waals surface area contributed by atoms with Gasteiger partial charge in [-0.15, -0.1) is 0 Å². The maximum atomic E-state index is 12.8. The number of urea groups is 1. The number of ether oxygens (including phenoxy) is 1. The molecular formula is C19H25N7O2S. The van der Waals surface area contributed by atoms with Crippen molar-refractivity contribution in [2.45, 2.75) is 31.5 Å². The number of nitrogens with one attached hydrogen (secondary N) is 1. The lowest BCUT2D eigenvalue weighted by molar-refractivity contribution is 0.200. The third-order valence-corrected chi connectivity index (χ3v) is 6.15. The number of benzene rings is 1. The molecule has 1 aromatic heterocycles. The number of carbonyl (C=O) groups excluding carboxylic acids is 1. The van der Waals surface area contributed by atoms with Gasteiger partial charge in [0, 0.05) is 36.9 Å². The monoisotopic (exact) mass is 415 g/mol. The number of hydrazine groups is 1. The highest BCUT2D eigenvalue weighted by Crippen LogP contribution is 2.37. The van der Waals surface area contributed by atoms with Gasteiger partial charge >= 0.3 is 6.03 Å². The summed E-state index contributed by atoms with van der Waals surface area (Å²) in [5.41, 5.74) is 2.81. The number of aromatic nitrogens is 2. The third-order valence-electron chi connectivity index (χ3n) is 5.26. The summed E-state index contributed by atoms with van der Waals surface area (Å²) in [5, 5.41) is 3.92. The molecule has 154 valence electrons. The Hall–Kier alpha value is -2.56. The maximum absolute atomic E-state index is 12.8. The zero-order chi connectivity index (χ0) is 20.5. The van der Waals surface area contributed by atoms with Crippen molar-refractivity contribution in [1.29, 1.82) is 0 Å². The number of piperazine rings is 1. The van der Waals surface area contributed by atoms with Crippen LogP contribution in [0, 0.1) is 6.92 Å². The fraction of sp³-hybridized carbons (Fsp3) is 0.421. The first-order valence-corrected chi connectivity index (χ1v) is 10.2. The van der Waals surface area contributed by atoms with Crippen LogP contribution in [0.2, 0.25) is 0 Å². The normalized spacial score (nSPS) is 19.2. The number of nitrogens with zero attached hydrogens (tertiary/aromatic N) is 5. The van der Waals surface area contributed by atoms with Gasteiger partial charge in [-0.3, -0.25) is 5.84 Å². The third kappa shape index (κ3) is 3.96. The van der Waals surface area contributed by atoms with E-state index in [-0.39, 0.29) is 12.1 Å². The highest BCUT2D eigenvalue weighted by Gasteiger charge is 2.32. The van der Waals surface area contributed by atoms with Crippen molar-refractivity contribution in [1.82, 2.24) is 19.3 Å². The summed E-state index contributed by atoms with van der Waals surface area (Å²) in [6.45, 7) is 6.60. The number of aryl methyl sites for hydroxylation is 1. The number of nitrogens with two attached hydrogens (primary N) is 1. The van der Waals surface area contributed by atoms with E-state index < -0.39 is 0 Å². The van der Waals surface area contributed by atoms with Crippen LogP contribution in [-0.2, 0) is 6.54 Å². The number of hydrogen-bond acceptors (Lipinski definition) is 8. The molecule has 1 aromatic carbocycles. The molecule has 2 aliphatic heterocycles. The Balaban J connectivity index is 1.43. The summed E-state index contributed by atoms with van der Waals surface area (Å²) in [5.74, 6) is 7.61. The molecule has 1 saturated heterocycles. The molecule has 0 radical (unpaired) electrons. The van der Waals surface area contributed by atoms with E-state index >= 15 is 0 Å². The van der Waals surface area contributed by atoms with Crippen LogP contribution >= 0.6 is 11.9 Å². The average Bonchev–Trinajstić information content (AvgIpc) is 3.09. The van der Waals surface area contributed by atoms with E-state index in [9.17, 15) is 4.79 Å². The molecule has 3 heterocycles. The average molecular weight is 416 g/mol. The molecule has 2 aromatic rings. The Morgan fingerprint density at radius 2 is 2.17 bits per heavy atom. The van der Waals surface area contributed by atoms with Crippen LogP contribution in [0.4, 0.5) is 16.3 Å². The molecule has 3 N–H and O–H groups in total. The topological polar surface area (TPSA) is 99.8 Å². The zero-order valence-corrected chi connectivity index (χ0v) is 17.6. The SMILES string of the molecule is COc1ccc(NC(=O)N2CCN(c3ncnc4c3CN(N)S4)[C@@H](C)C2)c(C)c1. The molecule has 1 atom stereocenters. The maximum Gasteiger partial charge on any atom is 0.321 e. The Labute approximate surface area is 174 Å². The molecule has 29 heavy (non-hydrogen) atoms. The van der Waals surface area contributed by atoms with Gasteiger partial charge in [0.1, 0.15) is 22.9 Å². The standard InChI is InChI=1S/C19H25N7O2S/c1-12-8-14(28-3)4-5-16(12)23-19(27)24-6-7-25(13(2)9-24)17-15-10-26(20)29-18(15)22-11-21-17/h4-5,8,11,13H,6-7,9-10,20H2,1-3H3,(H,23,27)/t13-/m0/s1. The fourth-order valence-electron chi connectivity index (χ4n) is 3.71. The van der Waals surface area contributed by atoms with Crippen molar-refractivity contribution < 1.29 is 9.53 Å². The summed E-state index contributed by atoms with van der Waals surface area (Å²) in [7, 11) is 1.63. The number of fused-ring (bicyclic) bond motifs is 1. The molecule has 2 amide bonds. The van der Waals surface area contributed by atoms with Gasteiger partial charge in [0.25, 0.3) is 0 Å². The predicted molar refractivity (Wildman–Crippen MR) is 113 cm³/mol. The first kappa shape index (κ1) is 19.7. The van der Waals surface area contributed by atoms with Gasteiger partial charge in [-0.05, 0) is 49.6 Å². The van der Waals surface area contributed by atoms with Crippen LogP contribution in [0.5, 0.6) is 5.75 Å². The smallest absolute Gasteiger partial charge is 0.321 e. The predicted octanol–water partition coefficient (Wildman–Crippen LogP) is 2.23. The van der Waals surface area contributed by atoms with Gasteiger partial charge in [-0.1, -0.05) is 0 Å². The number of rotatable bonds is 3. The van der Waals surface area contributed by atoms with Crippen LogP contribution < -0.4 is 20.8 Å². The van der Waals surface area contributed by atoms with Crippen molar-refractivity contribution in [3.05, 3.63) is 35.7 Å². The first-order chi connectivity index (χ1) is 14.0. The summed E-state index contributed by atoms with van der Waals surface area (Å²) in [4.78, 5) is 25.7. The minimum Gasteiger partial charge on any atom is -0.497 e. The summed E-state index contributed by atoms with van der Waals surface area (Å²) < 4.78 is 6.89. The van der Waals surface area contributed by atoms with Gasteiger partial charge in [0.2, 0.25) is 0 Å². The molecule has 2 aliphatic rings. The van der Waals surface area contributed by atoms with Gasteiger partial charge in [-0.25, -0.2) is 14.8 Å². The van der Waals surface area contributed by atoms with Gasteiger partial charge < -0.3 is 19.9 Å². The summed E-state index contributed by atoms with van der Waals surface area (Å²) in [6, 6.07) is 5.65. The van der Waals surface area contributed by atoms with E-state index in [0.29, 0.717) is 26.2 Å². The Kier molecular flexibility index (Phi) is 5.48. The number of hydrogen-bond donors (Lipinski definition) is 2. The van der Waals surface area contributed by atoms with Crippen LogP contribution in [0.15, 0.2) is 29.6 Å². The molecular weight excluding hydrogens is 390 g/mol. The minimum absolute atomic E-state index is 0.0960. The second-order valence-electron chi connectivity index (χ2n) is 7.25. The molecule has 1 fully saturated rings. The van der Waals surface area contributed by atoms with Crippen LogP contribution in [0.1, 0.15) is 18.1 Å². The second-order valence-corrected chi connectivity index (χ2v) is 8.29. The quantitative estimate of drug-likeness (QED) is 0.447. The number of carbonyl (C=O) groups is 1. The lowest BCUT2D eigenvalue weighted by atomic mass is 10.1. The zero-order valence-electron chi connectivity index (χ0n) is 16.8. The summed E-state index contributed by atoms with van der Waals surface area (Å²) >= 11 is 1.43. The first-order valence-electron chi connectivity index (χ1n) is 9.47. The van der Waals surface area contributed by atoms with Crippen molar-refractivity contribution in [2.75, 3.05) is 37.0 Å². The molecule has 0 spiro atoms. The molecule has 0 bridgehead atoms. The Bertz CT molecular complexity index is 925. The number of methoxy groups -OCH3 is 1. The van der Waals surface area contributed by atoms with E-state index in [1.165, 1.54) is 11.9 Å². The molecule has 4 rings (SSSR count). The molecule has 0 saturated carbocycles. The van der Waals surface area contributed by atoms with Crippen molar-refractivity contribution >= 4 is 29.5 Å². The minimum atomic E-state index is -0.0960. The van der Waals surface area contributed by atoms with E-state index in [4.69, 9.17) is 10.6 Å². The Morgan fingerprint density at radius 1 is 1.34 bits per heavy atom. The van der Waals surface area contributed by atoms with Crippen molar-refractivity contribution in [3.8, 4) is 5.75 Å². The lowest BCUT2D eigenvalue weighted by Gasteiger charge is -2.41. The highest BCUT2D eigenvalue weighted by molar-refractivity contribution is 7.97. The number of anilines is 2. The van der Waals surface area contributed by atoms with Crippen LogP contribution in [0.25, 0.3) is 0 Å². The summed E-state index contributed by atoms with van der Waals surface area (Å²) in [6.07, 6.45) is 1.58. The van der Waals surface area contributed by atoms with Crippen molar-refractivity contribution in [3.63, 3.8) is 0 Å². The van der Waals surface area contributed by atoms with E-state index in [1.54, 1.807) is 17.9 Å². The Morgan fingerprint density at radius 3 is 2.90 bits per heavy atom. The molecule has 0 unspecified atom stereocenters.